The summed E-state index contributed by atoms with van der Waals surface area (Å²) in [5.41, 5.74) is 3.13. The van der Waals surface area contributed by atoms with E-state index in [-0.39, 0.29) is 0 Å². The average molecular weight is 116 g/mol. The number of nitrogens with zero attached hydrogens (tertiary/aromatic N) is 1. The van der Waals surface area contributed by atoms with Gasteiger partial charge in [-0.2, -0.15) is 0 Å². The van der Waals surface area contributed by atoms with E-state index < -0.39 is 0 Å². The molecule has 1 aliphatic rings. The highest BCUT2D eigenvalue weighted by molar-refractivity contribution is 4.69. The molecule has 0 aromatic heterocycles. The molecule has 1 heterocycles. The molecule has 48 valence electrons. The number of rotatable bonds is 1. The monoisotopic (exact) mass is 116 g/mol. The molecule has 8 heavy (non-hydrogen) atoms. The molecule has 0 aliphatic carbocycles. The van der Waals surface area contributed by atoms with E-state index in [1.54, 1.807) is 7.11 Å². The van der Waals surface area contributed by atoms with Crippen molar-refractivity contribution in [2.45, 2.75) is 6.10 Å². The van der Waals surface area contributed by atoms with Crippen molar-refractivity contribution in [3.8, 4) is 0 Å². The molecular weight excluding hydrogens is 104 g/mol. The van der Waals surface area contributed by atoms with E-state index in [9.17, 15) is 0 Å². The minimum atomic E-state index is 0.389. The number of nitrogens with one attached hydrogen (secondary N) is 1. The summed E-state index contributed by atoms with van der Waals surface area (Å²) in [7, 11) is 3.75. The van der Waals surface area contributed by atoms with Crippen molar-refractivity contribution < 1.29 is 4.74 Å². The summed E-state index contributed by atoms with van der Waals surface area (Å²) in [5.74, 6) is 0. The molecule has 1 atom stereocenters. The molecule has 0 aromatic carbocycles. The maximum atomic E-state index is 5.08. The first-order valence-electron chi connectivity index (χ1n) is 2.80. The van der Waals surface area contributed by atoms with Crippen molar-refractivity contribution in [2.75, 3.05) is 27.2 Å². The van der Waals surface area contributed by atoms with Gasteiger partial charge in [0.25, 0.3) is 0 Å². The molecule has 1 fully saturated rings. The molecule has 1 aliphatic heterocycles. The van der Waals surface area contributed by atoms with Crippen LogP contribution in [0.4, 0.5) is 0 Å². The first-order chi connectivity index (χ1) is 3.83. The molecule has 1 saturated heterocycles. The minimum Gasteiger partial charge on any atom is -0.379 e. The highest BCUT2D eigenvalue weighted by Crippen LogP contribution is 1.96. The van der Waals surface area contributed by atoms with E-state index in [0.717, 1.165) is 13.1 Å². The molecular formula is C5H12N2O. The summed E-state index contributed by atoms with van der Waals surface area (Å²) in [4.78, 5) is 0. The predicted octanol–water partition coefficient (Wildman–Crippen LogP) is -0.549. The second-order valence-electron chi connectivity index (χ2n) is 2.10. The highest BCUT2D eigenvalue weighted by atomic mass is 16.5. The molecule has 3 heteroatoms. The van der Waals surface area contributed by atoms with Gasteiger partial charge < -0.3 is 4.74 Å². The third-order valence-electron chi connectivity index (χ3n) is 1.40. The lowest BCUT2D eigenvalue weighted by Crippen LogP contribution is -2.25. The predicted molar refractivity (Wildman–Crippen MR) is 31.4 cm³/mol. The Morgan fingerprint density at radius 2 is 2.50 bits per heavy atom. The Kier molecular flexibility index (Phi) is 1.83. The van der Waals surface area contributed by atoms with E-state index >= 15 is 0 Å². The average Bonchev–Trinajstić information content (AvgIpc) is 2.14. The molecule has 1 rings (SSSR count). The normalized spacial score (nSPS) is 31.5. The van der Waals surface area contributed by atoms with Gasteiger partial charge in [-0.3, -0.25) is 5.43 Å². The Hall–Kier alpha value is -0.120. The fraction of sp³-hybridized carbons (Fsp3) is 1.00. The molecule has 0 spiro atoms. The van der Waals surface area contributed by atoms with Gasteiger partial charge >= 0.3 is 0 Å². The fourth-order valence-corrected chi connectivity index (χ4v) is 0.850. The summed E-state index contributed by atoms with van der Waals surface area (Å²) in [6.07, 6.45) is 0.389. The van der Waals surface area contributed by atoms with E-state index in [1.807, 2.05) is 12.1 Å². The molecule has 1 unspecified atom stereocenters. The number of ether oxygens (including phenoxy) is 1. The van der Waals surface area contributed by atoms with Crippen LogP contribution in [0, 0.1) is 0 Å². The standard InChI is InChI=1S/C5H12N2O/c1-7-4-5(8-2)3-6-7/h5-6H,3-4H2,1-2H3. The minimum absolute atomic E-state index is 0.389. The second kappa shape index (κ2) is 2.44. The number of hydrazine groups is 1. The SMILES string of the molecule is COC1CNN(C)C1. The van der Waals surface area contributed by atoms with Gasteiger partial charge in [-0.25, -0.2) is 5.01 Å². The molecule has 1 N–H and O–H groups in total. The quantitative estimate of drug-likeness (QED) is 0.497. The van der Waals surface area contributed by atoms with Crippen molar-refractivity contribution in [3.63, 3.8) is 0 Å². The Balaban J connectivity index is 2.22. The Morgan fingerprint density at radius 3 is 2.75 bits per heavy atom. The third kappa shape index (κ3) is 1.18. The maximum absolute atomic E-state index is 5.08. The van der Waals surface area contributed by atoms with Crippen LogP contribution < -0.4 is 5.43 Å². The van der Waals surface area contributed by atoms with Gasteiger partial charge in [0.1, 0.15) is 0 Å². The van der Waals surface area contributed by atoms with E-state index in [2.05, 4.69) is 5.43 Å². The Bertz CT molecular complexity index is 76.8. The largest absolute Gasteiger partial charge is 0.379 e. The molecule has 0 aromatic rings. The summed E-state index contributed by atoms with van der Waals surface area (Å²) >= 11 is 0. The summed E-state index contributed by atoms with van der Waals surface area (Å²) < 4.78 is 5.08. The van der Waals surface area contributed by atoms with Crippen LogP contribution in [-0.4, -0.2) is 38.4 Å². The lowest BCUT2D eigenvalue weighted by molar-refractivity contribution is 0.119. The van der Waals surface area contributed by atoms with Crippen LogP contribution in [0.2, 0.25) is 0 Å². The number of methoxy groups -OCH3 is 1. The molecule has 0 bridgehead atoms. The fourth-order valence-electron chi connectivity index (χ4n) is 0.850. The number of hydrogen-bond acceptors (Lipinski definition) is 3. The smallest absolute Gasteiger partial charge is 0.0850 e. The van der Waals surface area contributed by atoms with Gasteiger partial charge in [0.05, 0.1) is 6.10 Å². The van der Waals surface area contributed by atoms with Gasteiger partial charge in [0.15, 0.2) is 0 Å². The summed E-state index contributed by atoms with van der Waals surface area (Å²) in [5, 5.41) is 2.04. The molecule has 0 radical (unpaired) electrons. The van der Waals surface area contributed by atoms with Crippen LogP contribution in [0.1, 0.15) is 0 Å². The lowest BCUT2D eigenvalue weighted by Gasteiger charge is -2.05. The number of likely N-dealkylation sites (N-methyl/N-ethyl adjacent to an activating group) is 1. The first-order valence-corrected chi connectivity index (χ1v) is 2.80. The summed E-state index contributed by atoms with van der Waals surface area (Å²) in [6, 6.07) is 0. The number of hydrogen-bond donors (Lipinski definition) is 1. The van der Waals surface area contributed by atoms with Gasteiger partial charge in [-0.1, -0.05) is 0 Å². The van der Waals surface area contributed by atoms with Crippen molar-refractivity contribution in [3.05, 3.63) is 0 Å². The van der Waals surface area contributed by atoms with E-state index in [4.69, 9.17) is 4.74 Å². The van der Waals surface area contributed by atoms with Gasteiger partial charge in [-0.05, 0) is 0 Å². The molecule has 3 nitrogen and oxygen atoms in total. The molecule has 0 saturated carbocycles. The van der Waals surface area contributed by atoms with E-state index in [0.29, 0.717) is 6.10 Å². The van der Waals surface area contributed by atoms with Crippen molar-refractivity contribution in [1.29, 1.82) is 0 Å². The van der Waals surface area contributed by atoms with Crippen LogP contribution in [-0.2, 0) is 4.74 Å². The van der Waals surface area contributed by atoms with Crippen molar-refractivity contribution in [2.24, 2.45) is 0 Å². The third-order valence-corrected chi connectivity index (χ3v) is 1.40. The van der Waals surface area contributed by atoms with E-state index in [1.165, 1.54) is 0 Å². The topological polar surface area (TPSA) is 24.5 Å². The first kappa shape index (κ1) is 6.01. The van der Waals surface area contributed by atoms with Gasteiger partial charge in [0.2, 0.25) is 0 Å². The zero-order chi connectivity index (χ0) is 5.98. The zero-order valence-corrected chi connectivity index (χ0v) is 5.35. The van der Waals surface area contributed by atoms with Crippen LogP contribution in [0.15, 0.2) is 0 Å². The lowest BCUT2D eigenvalue weighted by atomic mass is 10.4. The Labute approximate surface area is 49.6 Å². The van der Waals surface area contributed by atoms with Crippen molar-refractivity contribution in [1.82, 2.24) is 10.4 Å². The highest BCUT2D eigenvalue weighted by Gasteiger charge is 2.16. The van der Waals surface area contributed by atoms with Gasteiger partial charge in [0, 0.05) is 27.2 Å². The van der Waals surface area contributed by atoms with Crippen LogP contribution in [0.3, 0.4) is 0 Å². The van der Waals surface area contributed by atoms with Gasteiger partial charge in [-0.15, -0.1) is 0 Å². The van der Waals surface area contributed by atoms with Crippen LogP contribution >= 0.6 is 0 Å². The molecule has 0 amide bonds. The Morgan fingerprint density at radius 1 is 1.75 bits per heavy atom. The van der Waals surface area contributed by atoms with Crippen LogP contribution in [0.25, 0.3) is 0 Å². The van der Waals surface area contributed by atoms with Crippen molar-refractivity contribution >= 4 is 0 Å². The maximum Gasteiger partial charge on any atom is 0.0850 e. The zero-order valence-electron chi connectivity index (χ0n) is 5.35. The van der Waals surface area contributed by atoms with Crippen LogP contribution in [0.5, 0.6) is 0 Å². The summed E-state index contributed by atoms with van der Waals surface area (Å²) in [6.45, 7) is 1.95. The second-order valence-corrected chi connectivity index (χ2v) is 2.10.